The molecule has 634 valence electrons. The van der Waals surface area contributed by atoms with Crippen molar-refractivity contribution in [2.75, 3.05) is 218 Å². The molecule has 3 saturated carbocycles. The molecule has 0 aromatic rings. The van der Waals surface area contributed by atoms with Crippen molar-refractivity contribution in [1.29, 1.82) is 0 Å². The second-order valence-corrected chi connectivity index (χ2v) is 28.5. The van der Waals surface area contributed by atoms with Crippen molar-refractivity contribution in [1.82, 2.24) is 42.3 Å². The van der Waals surface area contributed by atoms with E-state index in [4.69, 9.17) is 75.9 Å². The van der Waals surface area contributed by atoms with Gasteiger partial charge in [0.1, 0.15) is 5.54 Å². The normalized spacial score (nSPS) is 21.5. The summed E-state index contributed by atoms with van der Waals surface area (Å²) in [5.41, 5.74) is -1.49. The molecule has 1 saturated heterocycles. The van der Waals surface area contributed by atoms with Crippen molar-refractivity contribution >= 4 is 59.7 Å². The van der Waals surface area contributed by atoms with Crippen LogP contribution in [0.1, 0.15) is 128 Å². The van der Waals surface area contributed by atoms with Crippen molar-refractivity contribution in [2.45, 2.75) is 134 Å². The smallest absolute Gasteiger partial charge is 0.407 e. The molecule has 9 amide bonds. The van der Waals surface area contributed by atoms with Crippen molar-refractivity contribution in [3.63, 3.8) is 0 Å². The maximum absolute atomic E-state index is 13.8. The summed E-state index contributed by atoms with van der Waals surface area (Å²) in [5.74, 6) is 20.1. The molecule has 9 atom stereocenters. The van der Waals surface area contributed by atoms with Gasteiger partial charge in [0.15, 0.2) is 0 Å². The van der Waals surface area contributed by atoms with E-state index < -0.39 is 47.5 Å². The Morgan fingerprint density at radius 2 is 0.584 bits per heavy atom. The highest BCUT2D eigenvalue weighted by Gasteiger charge is 2.51. The standard InChI is InChI=1S/C79H122N8O26/c88-69(80-27-36-98-42-48-104-51-45-101-39-30-83-76(95)110-54-66-60-14-7-1-2-8-15-61(60)66)24-33-107-57-79(86-72(91)20-13-21-75(94)113-87-73(92)22-23-74(87)93,58-108-34-25-70(89)81-28-37-99-43-49-105-52-46-102-40-31-84-77(96)111-55-67-62-16-9-3-4-10-17-63(62)67)59-109-35-26-71(90)82-29-38-100-44-50-106-53-47-103-41-32-85-78(97)112-56-68-64-18-11-5-6-12-19-65(64)68/h60-68H,7-59H2,(H,80,88)(H,81,89)(H,82,90)(H,83,95)(H,84,96)(H,85,97)(H,86,91)/t60-,61+,62-,63+,64-,65+,66?,67?,68?,79?. The zero-order valence-corrected chi connectivity index (χ0v) is 65.7. The average molecular weight is 1600 g/mol. The van der Waals surface area contributed by atoms with Gasteiger partial charge in [-0.25, -0.2) is 19.2 Å². The number of hydrogen-bond acceptors (Lipinski definition) is 26. The molecule has 0 aromatic heterocycles. The number of rotatable bonds is 63. The number of carbonyl (C=O) groups is 10. The van der Waals surface area contributed by atoms with E-state index in [9.17, 15) is 47.9 Å². The molecule has 3 unspecified atom stereocenters. The molecule has 113 heavy (non-hydrogen) atoms. The second kappa shape index (κ2) is 56.7. The van der Waals surface area contributed by atoms with Gasteiger partial charge in [0.25, 0.3) is 11.8 Å². The molecular weight excluding hydrogens is 1480 g/mol. The molecule has 0 radical (unpaired) electrons. The van der Waals surface area contributed by atoms with Crippen molar-refractivity contribution < 1.29 is 124 Å². The molecule has 0 bridgehead atoms. The van der Waals surface area contributed by atoms with E-state index in [-0.39, 0.29) is 188 Å². The summed E-state index contributed by atoms with van der Waals surface area (Å²) in [4.78, 5) is 131. The van der Waals surface area contributed by atoms with Crippen LogP contribution in [-0.4, -0.2) is 288 Å². The number of fused-ring (bicyclic) bond motifs is 3. The Bertz CT molecular complexity index is 2750. The quantitative estimate of drug-likeness (QED) is 0.0199. The summed E-state index contributed by atoms with van der Waals surface area (Å²) in [6.45, 7) is 6.52. The van der Waals surface area contributed by atoms with Crippen LogP contribution in [0.4, 0.5) is 14.4 Å². The molecule has 7 aliphatic rings. The van der Waals surface area contributed by atoms with Crippen LogP contribution < -0.4 is 37.2 Å². The molecule has 6 aliphatic carbocycles. The first-order valence-electron chi connectivity index (χ1n) is 40.5. The molecule has 1 heterocycles. The van der Waals surface area contributed by atoms with Crippen molar-refractivity contribution in [2.24, 2.45) is 53.3 Å². The van der Waals surface area contributed by atoms with Gasteiger partial charge in [0.05, 0.1) is 178 Å². The predicted octanol–water partition coefficient (Wildman–Crippen LogP) is 2.83. The Balaban J connectivity index is 0.759. The number of nitrogens with zero attached hydrogens (tertiary/aromatic N) is 1. The average Bonchev–Trinajstić information content (AvgIpc) is 1.64. The van der Waals surface area contributed by atoms with Crippen LogP contribution in [-0.2, 0) is 109 Å². The Kier molecular flexibility index (Phi) is 46.5. The highest BCUT2D eigenvalue weighted by molar-refractivity contribution is 6.01. The minimum Gasteiger partial charge on any atom is -0.449 e. The lowest BCUT2D eigenvalue weighted by molar-refractivity contribution is -0.197. The number of hydroxylamine groups is 2. The lowest BCUT2D eigenvalue weighted by atomic mass is 10.0. The van der Waals surface area contributed by atoms with Crippen LogP contribution in [0.3, 0.4) is 0 Å². The third kappa shape index (κ3) is 40.6. The van der Waals surface area contributed by atoms with Gasteiger partial charge in [-0.2, -0.15) is 0 Å². The fraction of sp³-hybridized carbons (Fsp3) is 0.797. The highest BCUT2D eigenvalue weighted by atomic mass is 16.7. The van der Waals surface area contributed by atoms with E-state index in [1.165, 1.54) is 0 Å². The summed E-state index contributed by atoms with van der Waals surface area (Å²) < 4.78 is 84.6. The molecule has 7 rings (SSSR count). The third-order valence-corrected chi connectivity index (χ3v) is 20.2. The van der Waals surface area contributed by atoms with Gasteiger partial charge in [0, 0.05) is 123 Å². The first-order chi connectivity index (χ1) is 55.3. The molecule has 1 aliphatic heterocycles. The van der Waals surface area contributed by atoms with Gasteiger partial charge in [0.2, 0.25) is 23.6 Å². The molecule has 0 aromatic carbocycles. The number of ether oxygens (including phenoxy) is 15. The van der Waals surface area contributed by atoms with Gasteiger partial charge in [-0.05, 0) is 98.2 Å². The molecule has 4 fully saturated rings. The zero-order chi connectivity index (χ0) is 80.0. The van der Waals surface area contributed by atoms with Crippen molar-refractivity contribution in [3.8, 4) is 35.5 Å². The Morgan fingerprint density at radius 1 is 0.319 bits per heavy atom. The van der Waals surface area contributed by atoms with E-state index in [2.05, 4.69) is 72.7 Å². The number of hydrogen-bond donors (Lipinski definition) is 7. The number of imide groups is 1. The van der Waals surface area contributed by atoms with Crippen LogP contribution in [0.2, 0.25) is 0 Å². The molecular formula is C79H122N8O26. The van der Waals surface area contributed by atoms with Crippen molar-refractivity contribution in [3.05, 3.63) is 0 Å². The van der Waals surface area contributed by atoms with Gasteiger partial charge in [-0.15, -0.1) is 40.6 Å². The SMILES string of the molecule is O=C(CCOCC(COCCC(=O)NCCOCCOCCOCCNC(=O)OCC1[C@H]2CCC#CCC[C@@H]12)(COCCC(=O)NCCOCCOCCOCCNC(=O)OCC1[C@H]2CCC#CCC[C@@H]12)NC(=O)CCCC(=O)ON1C(=O)CCC1=O)NCCOCCOCCOCCNC(=O)OCC1[C@H]2CCC#CCC[C@@H]12. The van der Waals surface area contributed by atoms with Gasteiger partial charge < -0.3 is 113 Å². The molecule has 7 N–H and O–H groups in total. The fourth-order valence-corrected chi connectivity index (χ4v) is 14.0. The second-order valence-electron chi connectivity index (χ2n) is 28.5. The van der Waals surface area contributed by atoms with Crippen LogP contribution in [0, 0.1) is 88.8 Å². The number of alkyl carbamates (subject to hydrolysis) is 3. The van der Waals surface area contributed by atoms with E-state index in [1.807, 2.05) is 0 Å². The van der Waals surface area contributed by atoms with Crippen LogP contribution in [0.25, 0.3) is 0 Å². The largest absolute Gasteiger partial charge is 0.449 e. The minimum atomic E-state index is -1.49. The van der Waals surface area contributed by atoms with E-state index in [0.717, 1.165) is 77.0 Å². The van der Waals surface area contributed by atoms with Gasteiger partial charge in [-0.3, -0.25) is 28.8 Å². The highest BCUT2D eigenvalue weighted by Crippen LogP contribution is 2.54. The summed E-state index contributed by atoms with van der Waals surface area (Å²) in [6, 6.07) is 0. The third-order valence-electron chi connectivity index (χ3n) is 20.2. The van der Waals surface area contributed by atoms with Gasteiger partial charge in [-0.1, -0.05) is 0 Å². The maximum atomic E-state index is 13.8. The summed E-state index contributed by atoms with van der Waals surface area (Å²) in [7, 11) is 0. The zero-order valence-electron chi connectivity index (χ0n) is 65.7. The van der Waals surface area contributed by atoms with Crippen LogP contribution in [0.15, 0.2) is 0 Å². The van der Waals surface area contributed by atoms with Crippen LogP contribution in [0.5, 0.6) is 0 Å². The molecule has 34 heteroatoms. The van der Waals surface area contributed by atoms with Gasteiger partial charge >= 0.3 is 24.2 Å². The van der Waals surface area contributed by atoms with E-state index >= 15 is 0 Å². The topological polar surface area (TPSA) is 406 Å². The number of amides is 9. The summed E-state index contributed by atoms with van der Waals surface area (Å²) >= 11 is 0. The summed E-state index contributed by atoms with van der Waals surface area (Å²) in [5, 5.41) is 19.8. The van der Waals surface area contributed by atoms with E-state index in [1.54, 1.807) is 0 Å². The maximum Gasteiger partial charge on any atom is 0.407 e. The fourth-order valence-electron chi connectivity index (χ4n) is 14.0. The Labute approximate surface area is 663 Å². The summed E-state index contributed by atoms with van der Waals surface area (Å²) in [6.07, 6.45) is 9.37. The predicted molar refractivity (Wildman–Crippen MR) is 403 cm³/mol. The lowest BCUT2D eigenvalue weighted by Crippen LogP contribution is -2.58. The molecule has 34 nitrogen and oxygen atoms in total. The first kappa shape index (κ1) is 92.7. The number of nitrogens with one attached hydrogen (secondary N) is 7. The Hall–Kier alpha value is -7.50. The molecule has 0 spiro atoms. The first-order valence-corrected chi connectivity index (χ1v) is 40.5. The van der Waals surface area contributed by atoms with Crippen LogP contribution >= 0.6 is 0 Å². The number of carbonyl (C=O) groups excluding carboxylic acids is 10. The monoisotopic (exact) mass is 1600 g/mol. The van der Waals surface area contributed by atoms with E-state index in [0.29, 0.717) is 157 Å². The lowest BCUT2D eigenvalue weighted by Gasteiger charge is -2.34. The Morgan fingerprint density at radius 3 is 0.867 bits per heavy atom. The minimum absolute atomic E-state index is 0.0576.